The monoisotopic (exact) mass is 364 g/mol. The maximum absolute atomic E-state index is 6.15. The summed E-state index contributed by atoms with van der Waals surface area (Å²) in [5.41, 5.74) is 1.60. The highest BCUT2D eigenvalue weighted by Gasteiger charge is 2.11. The first-order chi connectivity index (χ1) is 11.7. The van der Waals surface area contributed by atoms with Crippen molar-refractivity contribution >= 4 is 45.1 Å². The standard InChI is InChI=1S/C12H6Cl2O.C9H20/c13-8-5-6-10-11(12(8)14)7-3-1-2-4-9(7)15-10;1-3-5-7-9-8-6-4-2/h1-6H;3-9H2,1-2H3. The molecule has 0 atom stereocenters. The zero-order valence-corrected chi connectivity index (χ0v) is 16.1. The Hall–Kier alpha value is -1.18. The maximum atomic E-state index is 6.15. The molecule has 1 nitrogen and oxygen atoms in total. The molecule has 2 aromatic carbocycles. The van der Waals surface area contributed by atoms with Crippen molar-refractivity contribution in [3.63, 3.8) is 0 Å². The Morgan fingerprint density at radius 1 is 0.750 bits per heavy atom. The average Bonchev–Trinajstić information content (AvgIpc) is 2.98. The first kappa shape index (κ1) is 19.1. The minimum Gasteiger partial charge on any atom is -0.456 e. The first-order valence-electron chi connectivity index (χ1n) is 8.94. The van der Waals surface area contributed by atoms with Crippen molar-refractivity contribution in [2.24, 2.45) is 0 Å². The van der Waals surface area contributed by atoms with Crippen LogP contribution in [0.5, 0.6) is 0 Å². The second-order valence-corrected chi connectivity index (χ2v) is 6.89. The lowest BCUT2D eigenvalue weighted by Crippen LogP contribution is -1.76. The Kier molecular flexibility index (Phi) is 7.94. The van der Waals surface area contributed by atoms with Crippen LogP contribution in [0.1, 0.15) is 58.8 Å². The van der Waals surface area contributed by atoms with Crippen LogP contribution in [0, 0.1) is 0 Å². The van der Waals surface area contributed by atoms with Gasteiger partial charge in [0.2, 0.25) is 0 Å². The van der Waals surface area contributed by atoms with E-state index in [1.54, 1.807) is 6.07 Å². The molecule has 3 heteroatoms. The lowest BCUT2D eigenvalue weighted by molar-refractivity contribution is 0.602. The fraction of sp³-hybridized carbons (Fsp3) is 0.429. The molecule has 1 heterocycles. The number of halogens is 2. The van der Waals surface area contributed by atoms with Crippen LogP contribution in [0.25, 0.3) is 21.9 Å². The van der Waals surface area contributed by atoms with E-state index in [0.29, 0.717) is 10.0 Å². The van der Waals surface area contributed by atoms with Gasteiger partial charge in [-0.05, 0) is 18.2 Å². The molecule has 0 saturated heterocycles. The van der Waals surface area contributed by atoms with Crippen LogP contribution in [0.3, 0.4) is 0 Å². The molecule has 0 N–H and O–H groups in total. The van der Waals surface area contributed by atoms with Gasteiger partial charge in [-0.3, -0.25) is 0 Å². The van der Waals surface area contributed by atoms with Crippen LogP contribution in [-0.4, -0.2) is 0 Å². The van der Waals surface area contributed by atoms with E-state index in [9.17, 15) is 0 Å². The minimum absolute atomic E-state index is 0.552. The predicted molar refractivity (Wildman–Crippen MR) is 107 cm³/mol. The third-order valence-corrected chi connectivity index (χ3v) is 4.94. The van der Waals surface area contributed by atoms with Crippen molar-refractivity contribution in [2.75, 3.05) is 0 Å². The predicted octanol–water partition coefficient (Wildman–Crippen LogP) is 8.65. The van der Waals surface area contributed by atoms with Gasteiger partial charge in [0, 0.05) is 10.8 Å². The van der Waals surface area contributed by atoms with E-state index in [4.69, 9.17) is 27.6 Å². The van der Waals surface area contributed by atoms with Gasteiger partial charge >= 0.3 is 0 Å². The van der Waals surface area contributed by atoms with E-state index >= 15 is 0 Å². The van der Waals surface area contributed by atoms with Gasteiger partial charge in [-0.1, -0.05) is 100 Å². The van der Waals surface area contributed by atoms with Crippen LogP contribution >= 0.6 is 23.2 Å². The van der Waals surface area contributed by atoms with Crippen molar-refractivity contribution in [1.82, 2.24) is 0 Å². The summed E-state index contributed by atoms with van der Waals surface area (Å²) in [6.07, 6.45) is 9.97. The van der Waals surface area contributed by atoms with Gasteiger partial charge in [0.05, 0.1) is 10.0 Å². The number of para-hydroxylation sites is 1. The van der Waals surface area contributed by atoms with E-state index in [2.05, 4.69) is 13.8 Å². The molecule has 0 aliphatic heterocycles. The SMILES string of the molecule is CCCCCCCCC.Clc1ccc2oc3ccccc3c2c1Cl. The molecule has 130 valence electrons. The molecule has 0 aliphatic rings. The number of benzene rings is 2. The normalized spacial score (nSPS) is 10.8. The minimum atomic E-state index is 0.552. The molecule has 0 bridgehead atoms. The van der Waals surface area contributed by atoms with E-state index in [0.717, 1.165) is 21.9 Å². The molecule has 3 aromatic rings. The van der Waals surface area contributed by atoms with Gasteiger partial charge in [-0.15, -0.1) is 0 Å². The Balaban J connectivity index is 0.000000202. The molecule has 1 aromatic heterocycles. The second-order valence-electron chi connectivity index (χ2n) is 6.10. The van der Waals surface area contributed by atoms with E-state index in [-0.39, 0.29) is 0 Å². The molecule has 0 fully saturated rings. The van der Waals surface area contributed by atoms with Crippen LogP contribution in [0.15, 0.2) is 40.8 Å². The number of furan rings is 1. The van der Waals surface area contributed by atoms with Gasteiger partial charge in [-0.25, -0.2) is 0 Å². The van der Waals surface area contributed by atoms with E-state index in [1.807, 2.05) is 30.3 Å². The molecule has 0 aliphatic carbocycles. The van der Waals surface area contributed by atoms with Gasteiger partial charge in [0.25, 0.3) is 0 Å². The molecule has 0 unspecified atom stereocenters. The Morgan fingerprint density at radius 3 is 2.04 bits per heavy atom. The van der Waals surface area contributed by atoms with Crippen molar-refractivity contribution < 1.29 is 4.42 Å². The van der Waals surface area contributed by atoms with Crippen molar-refractivity contribution in [3.05, 3.63) is 46.4 Å². The maximum Gasteiger partial charge on any atom is 0.137 e. The summed E-state index contributed by atoms with van der Waals surface area (Å²) in [7, 11) is 0. The lowest BCUT2D eigenvalue weighted by atomic mass is 10.1. The third kappa shape index (κ3) is 4.91. The molecular weight excluding hydrogens is 339 g/mol. The molecule has 0 amide bonds. The molecule has 3 rings (SSSR count). The van der Waals surface area contributed by atoms with Gasteiger partial charge in [-0.2, -0.15) is 0 Å². The Morgan fingerprint density at radius 2 is 1.38 bits per heavy atom. The fourth-order valence-corrected chi connectivity index (χ4v) is 3.20. The van der Waals surface area contributed by atoms with Gasteiger partial charge < -0.3 is 4.42 Å². The Bertz CT molecular complexity index is 755. The van der Waals surface area contributed by atoms with Crippen LogP contribution < -0.4 is 0 Å². The smallest absolute Gasteiger partial charge is 0.137 e. The largest absolute Gasteiger partial charge is 0.456 e. The lowest BCUT2D eigenvalue weighted by Gasteiger charge is -1.96. The number of unbranched alkanes of at least 4 members (excludes halogenated alkanes) is 6. The molecule has 0 radical (unpaired) electrons. The first-order valence-corrected chi connectivity index (χ1v) is 9.69. The highest BCUT2D eigenvalue weighted by molar-refractivity contribution is 6.46. The van der Waals surface area contributed by atoms with Crippen LogP contribution in [-0.2, 0) is 0 Å². The van der Waals surface area contributed by atoms with E-state index in [1.165, 1.54) is 44.9 Å². The Labute approximate surface area is 154 Å². The highest BCUT2D eigenvalue weighted by Crippen LogP contribution is 2.37. The van der Waals surface area contributed by atoms with Gasteiger partial charge in [0.15, 0.2) is 0 Å². The van der Waals surface area contributed by atoms with Crippen molar-refractivity contribution in [3.8, 4) is 0 Å². The third-order valence-electron chi connectivity index (χ3n) is 4.14. The zero-order chi connectivity index (χ0) is 17.4. The number of rotatable bonds is 6. The second kappa shape index (κ2) is 9.96. The van der Waals surface area contributed by atoms with E-state index < -0.39 is 0 Å². The molecular formula is C21H26Cl2O. The van der Waals surface area contributed by atoms with Crippen LogP contribution in [0.2, 0.25) is 10.0 Å². The van der Waals surface area contributed by atoms with Crippen molar-refractivity contribution in [1.29, 1.82) is 0 Å². The topological polar surface area (TPSA) is 13.1 Å². The van der Waals surface area contributed by atoms with Crippen LogP contribution in [0.4, 0.5) is 0 Å². The fourth-order valence-electron chi connectivity index (χ4n) is 2.78. The summed E-state index contributed by atoms with van der Waals surface area (Å²) >= 11 is 12.1. The highest BCUT2D eigenvalue weighted by atomic mass is 35.5. The quantitative estimate of drug-likeness (QED) is 0.398. The zero-order valence-electron chi connectivity index (χ0n) is 14.6. The summed E-state index contributed by atoms with van der Waals surface area (Å²) in [6, 6.07) is 11.4. The number of hydrogen-bond acceptors (Lipinski definition) is 1. The summed E-state index contributed by atoms with van der Waals surface area (Å²) < 4.78 is 5.65. The van der Waals surface area contributed by atoms with Crippen molar-refractivity contribution in [2.45, 2.75) is 58.8 Å². The number of hydrogen-bond donors (Lipinski definition) is 0. The summed E-state index contributed by atoms with van der Waals surface area (Å²) in [5.74, 6) is 0. The molecule has 0 saturated carbocycles. The molecule has 0 spiro atoms. The summed E-state index contributed by atoms with van der Waals surface area (Å²) in [6.45, 7) is 4.53. The number of fused-ring (bicyclic) bond motifs is 3. The molecule has 24 heavy (non-hydrogen) atoms. The summed E-state index contributed by atoms with van der Waals surface area (Å²) in [4.78, 5) is 0. The summed E-state index contributed by atoms with van der Waals surface area (Å²) in [5, 5.41) is 3.00. The van der Waals surface area contributed by atoms with Gasteiger partial charge in [0.1, 0.15) is 11.2 Å². The average molecular weight is 365 g/mol.